The van der Waals surface area contributed by atoms with Crippen LogP contribution in [0.1, 0.15) is 93.5 Å². The zero-order chi connectivity index (χ0) is 23.4. The van der Waals surface area contributed by atoms with E-state index in [9.17, 15) is 19.8 Å². The van der Waals surface area contributed by atoms with Crippen LogP contribution >= 0.6 is 0 Å². The molecule has 2 fully saturated rings. The maximum atomic E-state index is 12.2. The van der Waals surface area contributed by atoms with Gasteiger partial charge in [-0.2, -0.15) is 0 Å². The van der Waals surface area contributed by atoms with Crippen molar-refractivity contribution in [2.45, 2.75) is 83.2 Å². The Morgan fingerprint density at radius 2 is 1.88 bits per heavy atom. The van der Waals surface area contributed by atoms with E-state index in [4.69, 9.17) is 0 Å². The van der Waals surface area contributed by atoms with Gasteiger partial charge in [-0.15, -0.1) is 0 Å². The average molecular weight is 449 g/mol. The summed E-state index contributed by atoms with van der Waals surface area (Å²) in [5, 5.41) is 21.4. The van der Waals surface area contributed by atoms with E-state index < -0.39 is 5.60 Å². The molecule has 0 saturated heterocycles. The minimum Gasteiger partial charge on any atom is -0.396 e. The monoisotopic (exact) mass is 448 g/mol. The molecule has 0 bridgehead atoms. The molecule has 0 amide bonds. The standard InChI is InChI=1S/C29H36O4/c1-18(31)19-4-6-20(7-5-19)25-17-28(2)26(12-14-29(28,33)13-3-15-30)24-10-8-21-16-22(32)9-11-23(21)27(24)25/h4-7,16,24-26,30,33H,3,8-15,17H2,1-2H3/t24-,25+,26-,28+,29+/m0/s1. The van der Waals surface area contributed by atoms with Crippen molar-refractivity contribution in [3.8, 4) is 0 Å². The predicted octanol–water partition coefficient (Wildman–Crippen LogP) is 5.29. The second kappa shape index (κ2) is 8.32. The molecule has 33 heavy (non-hydrogen) atoms. The van der Waals surface area contributed by atoms with Crippen molar-refractivity contribution in [3.63, 3.8) is 0 Å². The lowest BCUT2D eigenvalue weighted by Gasteiger charge is -2.55. The number of benzene rings is 1. The molecule has 0 unspecified atom stereocenters. The van der Waals surface area contributed by atoms with E-state index in [2.05, 4.69) is 19.1 Å². The van der Waals surface area contributed by atoms with Crippen molar-refractivity contribution in [3.05, 3.63) is 58.2 Å². The van der Waals surface area contributed by atoms with Gasteiger partial charge in [0, 0.05) is 29.9 Å². The summed E-state index contributed by atoms with van der Waals surface area (Å²) in [6.07, 6.45) is 9.26. The first kappa shape index (κ1) is 22.7. The third-order valence-corrected chi connectivity index (χ3v) is 9.52. The predicted molar refractivity (Wildman–Crippen MR) is 128 cm³/mol. The summed E-state index contributed by atoms with van der Waals surface area (Å²) in [5.74, 6) is 1.35. The fourth-order valence-corrected chi connectivity index (χ4v) is 7.79. The molecule has 4 heteroatoms. The Labute approximate surface area is 196 Å². The van der Waals surface area contributed by atoms with E-state index in [1.165, 1.54) is 22.3 Å². The van der Waals surface area contributed by atoms with Crippen LogP contribution in [-0.4, -0.2) is 34.0 Å². The number of fused-ring (bicyclic) bond motifs is 4. The summed E-state index contributed by atoms with van der Waals surface area (Å²) >= 11 is 0. The van der Waals surface area contributed by atoms with E-state index in [0.29, 0.717) is 31.1 Å². The van der Waals surface area contributed by atoms with E-state index in [0.717, 1.165) is 44.1 Å². The van der Waals surface area contributed by atoms with Crippen LogP contribution < -0.4 is 0 Å². The molecule has 2 N–H and O–H groups in total. The zero-order valence-corrected chi connectivity index (χ0v) is 19.9. The Morgan fingerprint density at radius 1 is 1.12 bits per heavy atom. The number of carbonyl (C=O) groups is 2. The van der Waals surface area contributed by atoms with Crippen molar-refractivity contribution >= 4 is 11.6 Å². The van der Waals surface area contributed by atoms with Gasteiger partial charge in [-0.3, -0.25) is 9.59 Å². The molecule has 1 aromatic rings. The van der Waals surface area contributed by atoms with Crippen LogP contribution in [0.5, 0.6) is 0 Å². The molecule has 4 aliphatic rings. The van der Waals surface area contributed by atoms with Gasteiger partial charge in [-0.25, -0.2) is 0 Å². The molecule has 0 radical (unpaired) electrons. The molecular formula is C29H36O4. The number of aliphatic hydroxyl groups is 2. The summed E-state index contributed by atoms with van der Waals surface area (Å²) in [5.41, 5.74) is 5.10. The summed E-state index contributed by atoms with van der Waals surface area (Å²) in [4.78, 5) is 24.0. The van der Waals surface area contributed by atoms with Crippen LogP contribution in [0.25, 0.3) is 0 Å². The van der Waals surface area contributed by atoms with Gasteiger partial charge < -0.3 is 10.2 Å². The van der Waals surface area contributed by atoms with Crippen LogP contribution in [0.4, 0.5) is 0 Å². The molecule has 5 rings (SSSR count). The highest BCUT2D eigenvalue weighted by Crippen LogP contribution is 2.67. The second-order valence-corrected chi connectivity index (χ2v) is 11.1. The van der Waals surface area contributed by atoms with Gasteiger partial charge in [0.05, 0.1) is 5.60 Å². The minimum absolute atomic E-state index is 0.0694. The third-order valence-electron chi connectivity index (χ3n) is 9.52. The van der Waals surface area contributed by atoms with Gasteiger partial charge in [-0.05, 0) is 92.9 Å². The van der Waals surface area contributed by atoms with E-state index in [1.807, 2.05) is 18.2 Å². The lowest BCUT2D eigenvalue weighted by Crippen LogP contribution is -2.51. The van der Waals surface area contributed by atoms with E-state index >= 15 is 0 Å². The van der Waals surface area contributed by atoms with Crippen molar-refractivity contribution in [1.82, 2.24) is 0 Å². The van der Waals surface area contributed by atoms with Crippen molar-refractivity contribution in [2.75, 3.05) is 6.61 Å². The Kier molecular flexibility index (Phi) is 5.73. The number of hydrogen-bond donors (Lipinski definition) is 2. The number of allylic oxidation sites excluding steroid dienone is 4. The first-order valence-corrected chi connectivity index (χ1v) is 12.7. The fraction of sp³-hybridized carbons (Fsp3) is 0.586. The maximum absolute atomic E-state index is 12.2. The third kappa shape index (κ3) is 3.57. The van der Waals surface area contributed by atoms with Gasteiger partial charge in [0.25, 0.3) is 0 Å². The molecule has 2 saturated carbocycles. The minimum atomic E-state index is -0.757. The fourth-order valence-electron chi connectivity index (χ4n) is 7.79. The Bertz CT molecular complexity index is 1030. The topological polar surface area (TPSA) is 74.6 Å². The van der Waals surface area contributed by atoms with Gasteiger partial charge >= 0.3 is 0 Å². The Hall–Kier alpha value is -2.04. The molecule has 4 aliphatic carbocycles. The summed E-state index contributed by atoms with van der Waals surface area (Å²) < 4.78 is 0. The van der Waals surface area contributed by atoms with E-state index in [-0.39, 0.29) is 29.5 Å². The number of hydrogen-bond acceptors (Lipinski definition) is 4. The van der Waals surface area contributed by atoms with Crippen molar-refractivity contribution in [1.29, 1.82) is 0 Å². The highest BCUT2D eigenvalue weighted by Gasteiger charge is 2.62. The number of carbonyl (C=O) groups excluding carboxylic acids is 2. The molecule has 0 heterocycles. The Balaban J connectivity index is 1.63. The summed E-state index contributed by atoms with van der Waals surface area (Å²) in [7, 11) is 0. The van der Waals surface area contributed by atoms with Crippen LogP contribution in [0, 0.1) is 17.3 Å². The normalized spacial score (nSPS) is 35.6. The lowest BCUT2D eigenvalue weighted by molar-refractivity contribution is -0.114. The number of ketones is 2. The van der Waals surface area contributed by atoms with Gasteiger partial charge in [0.15, 0.2) is 11.6 Å². The van der Waals surface area contributed by atoms with Crippen LogP contribution in [0.3, 0.4) is 0 Å². The van der Waals surface area contributed by atoms with Crippen LogP contribution in [-0.2, 0) is 4.79 Å². The first-order chi connectivity index (χ1) is 15.8. The van der Waals surface area contributed by atoms with E-state index in [1.54, 1.807) is 6.92 Å². The van der Waals surface area contributed by atoms with Crippen LogP contribution in [0.2, 0.25) is 0 Å². The van der Waals surface area contributed by atoms with Crippen molar-refractivity contribution in [2.24, 2.45) is 17.3 Å². The molecule has 0 aromatic heterocycles. The van der Waals surface area contributed by atoms with Crippen molar-refractivity contribution < 1.29 is 19.8 Å². The Morgan fingerprint density at radius 3 is 2.58 bits per heavy atom. The van der Waals surface area contributed by atoms with Crippen LogP contribution in [0.15, 0.2) is 47.1 Å². The van der Waals surface area contributed by atoms with Gasteiger partial charge in [0.1, 0.15) is 0 Å². The zero-order valence-electron chi connectivity index (χ0n) is 19.9. The first-order valence-electron chi connectivity index (χ1n) is 12.7. The largest absolute Gasteiger partial charge is 0.396 e. The summed E-state index contributed by atoms with van der Waals surface area (Å²) in [6, 6.07) is 8.07. The molecule has 176 valence electrons. The lowest BCUT2D eigenvalue weighted by atomic mass is 9.51. The molecule has 5 atom stereocenters. The summed E-state index contributed by atoms with van der Waals surface area (Å²) in [6.45, 7) is 4.00. The number of Topliss-reactive ketones (excluding diaryl/α,β-unsaturated/α-hetero) is 1. The van der Waals surface area contributed by atoms with Gasteiger partial charge in [-0.1, -0.05) is 36.8 Å². The molecule has 4 nitrogen and oxygen atoms in total. The quantitative estimate of drug-likeness (QED) is 0.600. The smallest absolute Gasteiger partial charge is 0.159 e. The molecule has 0 aliphatic heterocycles. The average Bonchev–Trinajstić information content (AvgIpc) is 3.07. The SMILES string of the molecule is CC(=O)c1ccc([C@H]2C[C@]3(C)[C@@H](CC[C@]3(O)CCCO)[C@@H]3CCC4=CC(=O)CCC4=C32)cc1. The number of rotatable bonds is 5. The second-order valence-electron chi connectivity index (χ2n) is 11.1. The number of aliphatic hydroxyl groups excluding tert-OH is 1. The highest BCUT2D eigenvalue weighted by atomic mass is 16.3. The molecular weight excluding hydrogens is 412 g/mol. The highest BCUT2D eigenvalue weighted by molar-refractivity contribution is 5.94. The molecule has 0 spiro atoms. The van der Waals surface area contributed by atoms with Gasteiger partial charge in [0.2, 0.25) is 0 Å². The maximum Gasteiger partial charge on any atom is 0.159 e. The molecule has 1 aromatic carbocycles.